The molecule has 0 aromatic heterocycles. The van der Waals surface area contributed by atoms with Crippen molar-refractivity contribution in [2.75, 3.05) is 26.4 Å². The zero-order valence-corrected chi connectivity index (χ0v) is 38.4. The van der Waals surface area contributed by atoms with Crippen LogP contribution < -0.4 is 10.6 Å². The minimum atomic E-state index is -1.44. The van der Waals surface area contributed by atoms with Crippen LogP contribution in [0.25, 0.3) is 0 Å². The first-order valence-corrected chi connectivity index (χ1v) is 21.0. The van der Waals surface area contributed by atoms with Crippen LogP contribution in [0.4, 0.5) is 0 Å². The molecule has 12 saturated heterocycles. The van der Waals surface area contributed by atoms with Crippen LogP contribution in [-0.4, -0.2) is 188 Å². The van der Waals surface area contributed by atoms with Crippen LogP contribution in [0.15, 0.2) is 24.6 Å². The second-order valence-corrected chi connectivity index (χ2v) is 16.4. The largest absolute Gasteiger partial charge is 0.542 e. The van der Waals surface area contributed by atoms with Gasteiger partial charge in [-0.05, 0) is 62.8 Å². The Morgan fingerprint density at radius 1 is 0.484 bits per heavy atom. The van der Waals surface area contributed by atoms with Crippen molar-refractivity contribution in [3.63, 3.8) is 0 Å². The molecule has 0 radical (unpaired) electrons. The van der Waals surface area contributed by atoms with Gasteiger partial charge in [0.2, 0.25) is 0 Å². The van der Waals surface area contributed by atoms with Gasteiger partial charge in [-0.25, -0.2) is 0 Å². The average molecular weight is 1060 g/mol. The summed E-state index contributed by atoms with van der Waals surface area (Å²) < 4.78 is 45.9. The summed E-state index contributed by atoms with van der Waals surface area (Å²) in [6.07, 6.45) is -14.6. The molecule has 16 unspecified atom stereocenters. The maximum absolute atomic E-state index is 10.8. The zero-order chi connectivity index (χ0) is 43.7. The van der Waals surface area contributed by atoms with Gasteiger partial charge in [-0.15, -0.1) is 0 Å². The van der Waals surface area contributed by atoms with Crippen molar-refractivity contribution in [1.29, 1.82) is 0 Å². The van der Waals surface area contributed by atoms with E-state index in [1.54, 1.807) is 0 Å². The van der Waals surface area contributed by atoms with E-state index in [0.29, 0.717) is 75.6 Å². The minimum Gasteiger partial charge on any atom is -0.542 e. The number of nitrogens with one attached hydrogen (secondary N) is 2. The van der Waals surface area contributed by atoms with Crippen LogP contribution in [0.5, 0.6) is 0 Å². The fourth-order valence-electron chi connectivity index (χ4n) is 8.68. The summed E-state index contributed by atoms with van der Waals surface area (Å²) in [5.74, 6) is -0.643. The van der Waals surface area contributed by atoms with Crippen molar-refractivity contribution in [3.05, 3.63) is 46.1 Å². The van der Waals surface area contributed by atoms with Gasteiger partial charge in [0.25, 0.3) is 0 Å². The summed E-state index contributed by atoms with van der Waals surface area (Å²) in [6, 6.07) is 0. The molecular formula is C41H71N2O18W-3. The van der Waals surface area contributed by atoms with Gasteiger partial charge < -0.3 is 107 Å². The zero-order valence-electron chi connectivity index (χ0n) is 35.4. The molecule has 12 aliphatic heterocycles. The Labute approximate surface area is 378 Å². The van der Waals surface area contributed by atoms with Gasteiger partial charge in [0.05, 0.1) is 37.6 Å². The molecular weight excluding hydrogens is 992 g/mol. The van der Waals surface area contributed by atoms with Gasteiger partial charge in [0.15, 0.2) is 25.2 Å². The van der Waals surface area contributed by atoms with E-state index in [1.807, 2.05) is 0 Å². The molecule has 12 aliphatic rings. The molecule has 20 nitrogen and oxygen atoms in total. The third-order valence-electron chi connectivity index (χ3n) is 12.3. The molecule has 8 bridgehead atoms. The van der Waals surface area contributed by atoms with Crippen LogP contribution in [-0.2, 0) is 59.0 Å². The molecule has 0 aliphatic carbocycles. The van der Waals surface area contributed by atoms with Gasteiger partial charge in [-0.2, -0.15) is 0 Å². The van der Waals surface area contributed by atoms with E-state index in [2.05, 4.69) is 37.9 Å². The van der Waals surface area contributed by atoms with Gasteiger partial charge in [-0.1, -0.05) is 26.0 Å². The van der Waals surface area contributed by atoms with Crippen LogP contribution in [0, 0.1) is 33.4 Å². The van der Waals surface area contributed by atoms with E-state index in [0.717, 1.165) is 0 Å². The van der Waals surface area contributed by atoms with E-state index in [4.69, 9.17) is 37.9 Å². The molecule has 0 amide bonds. The number of allylic oxidation sites excluding steroid dienone is 2. The number of aliphatic hydroxyl groups excluding tert-OH is 10. The molecule has 21 heteroatoms. The summed E-state index contributed by atoms with van der Waals surface area (Å²) in [6.45, 7) is 7.24. The van der Waals surface area contributed by atoms with E-state index in [-0.39, 0.29) is 53.5 Å². The fourth-order valence-corrected chi connectivity index (χ4v) is 8.68. The maximum atomic E-state index is 10.8. The van der Waals surface area contributed by atoms with Gasteiger partial charge in [0, 0.05) is 46.1 Å². The molecule has 12 fully saturated rings. The molecule has 12 rings (SSSR count). The summed E-state index contributed by atoms with van der Waals surface area (Å²) in [5.41, 5.74) is 1.42. The van der Waals surface area contributed by atoms with Crippen LogP contribution >= 0.6 is 0 Å². The fraction of sp³-hybridized carbons (Fsp3) is 0.829. The number of aliphatic hydroxyl groups is 10. The van der Waals surface area contributed by atoms with Crippen molar-refractivity contribution in [2.45, 2.75) is 175 Å². The Morgan fingerprint density at radius 2 is 0.823 bits per heavy atom. The second-order valence-electron chi connectivity index (χ2n) is 16.4. The molecule has 0 aromatic carbocycles. The van der Waals surface area contributed by atoms with E-state index >= 15 is 0 Å². The standard InChI is InChI=1S/2C20H34NO9.CH3.W/c2*1-10(21-2)6-7-12-11-5-3-4-8-27-19-17(26)15(24)18(13(9-22)29-19)30-20(28-12)16(25)14(11)23;;/h2*11-26H,1-9H2;1H3;/q3*-1;/t2*11?,12?,13?,14?,15?,16?,17?,18?,19-,20+;;/m11../s1. The average Bonchev–Trinajstić information content (AvgIpc) is 3.25. The normalized spacial score (nSPS) is 43.7. The molecule has 0 spiro atoms. The molecule has 20 atom stereocenters. The Kier molecular flexibility index (Phi) is 23.6. The minimum absolute atomic E-state index is 0. The Balaban J connectivity index is 0.000000320. The number of hydrogen-bond donors (Lipinski definition) is 12. The van der Waals surface area contributed by atoms with E-state index in [9.17, 15) is 51.1 Å². The Bertz CT molecular complexity index is 1230. The molecule has 362 valence electrons. The van der Waals surface area contributed by atoms with E-state index in [1.165, 1.54) is 0 Å². The van der Waals surface area contributed by atoms with Crippen molar-refractivity contribution in [3.8, 4) is 0 Å². The third-order valence-corrected chi connectivity index (χ3v) is 12.3. The SMILES string of the molecule is C=C(CCC1O[C@H]2OC3C(CO)O[C@@H](OCCCCC1C(O)C2O)C(O)C3O)N[CH2-].C=C(CCC1O[C@H]2OC3C(CO)O[C@@H](OCCCCC1C(O)C2O)C(O)C3O)N[CH2-].[CH3-].[W]. The van der Waals surface area contributed by atoms with Gasteiger partial charge in [0.1, 0.15) is 61.0 Å². The summed E-state index contributed by atoms with van der Waals surface area (Å²) in [4.78, 5) is 0. The monoisotopic (exact) mass is 1060 g/mol. The third kappa shape index (κ3) is 13.6. The first kappa shape index (κ1) is 55.4. The summed E-state index contributed by atoms with van der Waals surface area (Å²) in [7, 11) is 7.16. The quantitative estimate of drug-likeness (QED) is 0.105. The number of rotatable bonds is 10. The van der Waals surface area contributed by atoms with Gasteiger partial charge in [-0.3, -0.25) is 14.1 Å². The number of hydrogen-bond acceptors (Lipinski definition) is 20. The molecule has 0 aromatic rings. The molecule has 0 saturated carbocycles. The smallest absolute Gasteiger partial charge is 0.186 e. The predicted octanol–water partition coefficient (Wildman–Crippen LogP) is -2.05. The Hall–Kier alpha value is -0.952. The second kappa shape index (κ2) is 26.4. The topological polar surface area (TPSA) is 300 Å². The van der Waals surface area contributed by atoms with E-state index < -0.39 is 124 Å². The molecule has 12 N–H and O–H groups in total. The van der Waals surface area contributed by atoms with Gasteiger partial charge >= 0.3 is 0 Å². The first-order chi connectivity index (χ1) is 28.7. The first-order valence-electron chi connectivity index (χ1n) is 21.0. The van der Waals surface area contributed by atoms with Crippen molar-refractivity contribution >= 4 is 0 Å². The molecule has 62 heavy (non-hydrogen) atoms. The van der Waals surface area contributed by atoms with Crippen LogP contribution in [0.3, 0.4) is 0 Å². The summed E-state index contributed by atoms with van der Waals surface area (Å²) >= 11 is 0. The van der Waals surface area contributed by atoms with Crippen LogP contribution in [0.2, 0.25) is 0 Å². The van der Waals surface area contributed by atoms with Crippen LogP contribution in [0.1, 0.15) is 64.2 Å². The van der Waals surface area contributed by atoms with Crippen molar-refractivity contribution < 1.29 is 110 Å². The van der Waals surface area contributed by atoms with Crippen molar-refractivity contribution in [1.82, 2.24) is 10.6 Å². The Morgan fingerprint density at radius 3 is 1.16 bits per heavy atom. The summed E-state index contributed by atoms with van der Waals surface area (Å²) in [5, 5.41) is 110. The molecule has 12 heterocycles. The maximum Gasteiger partial charge on any atom is 0.186 e. The predicted molar refractivity (Wildman–Crippen MR) is 213 cm³/mol. The van der Waals surface area contributed by atoms with Crippen molar-refractivity contribution in [2.24, 2.45) is 11.8 Å². The number of ether oxygens (including phenoxy) is 8.